The highest BCUT2D eigenvalue weighted by molar-refractivity contribution is 5.84. The minimum Gasteiger partial charge on any atom is -0.462 e. The Labute approximate surface area is 168 Å². The molecule has 1 aliphatic carbocycles. The molecule has 0 radical (unpaired) electrons. The summed E-state index contributed by atoms with van der Waals surface area (Å²) < 4.78 is 45.3. The summed E-state index contributed by atoms with van der Waals surface area (Å²) in [6.07, 6.45) is -2.79. The van der Waals surface area contributed by atoms with Crippen molar-refractivity contribution in [1.29, 1.82) is 0 Å². The number of halogens is 3. The molecule has 2 nitrogen and oxygen atoms in total. The summed E-state index contributed by atoms with van der Waals surface area (Å²) in [6, 6.07) is 12.1. The fraction of sp³-hybridized carbons (Fsp3) is 0.333. The monoisotopic (exact) mass is 399 g/mol. The van der Waals surface area contributed by atoms with Gasteiger partial charge in [-0.25, -0.2) is 0 Å². The van der Waals surface area contributed by atoms with Crippen LogP contribution in [0.15, 0.2) is 53.1 Å². The predicted molar refractivity (Wildman–Crippen MR) is 110 cm³/mol. The third-order valence-electron chi connectivity index (χ3n) is 5.71. The van der Waals surface area contributed by atoms with Crippen molar-refractivity contribution in [1.82, 2.24) is 0 Å². The Bertz CT molecular complexity index is 1070. The van der Waals surface area contributed by atoms with Crippen LogP contribution in [0.2, 0.25) is 0 Å². The van der Waals surface area contributed by atoms with Gasteiger partial charge < -0.3 is 9.73 Å². The first-order valence-electron chi connectivity index (χ1n) is 9.60. The van der Waals surface area contributed by atoms with Crippen molar-refractivity contribution in [2.75, 3.05) is 5.32 Å². The number of benzene rings is 2. The molecule has 1 heterocycles. The normalized spacial score (nSPS) is 15.2. The molecule has 0 fully saturated rings. The first-order chi connectivity index (χ1) is 13.4. The molecule has 1 aliphatic rings. The molecule has 0 amide bonds. The standard InChI is InChI=1S/C24H24F3NO/c1-22(2,3)14-6-9-16(10-7-14)28-19-13-29-21-17-12-15(24(25,26)27)8-11-18(17)23(4,5)20(19)21/h6-13,28H,1-5H3. The van der Waals surface area contributed by atoms with Crippen molar-refractivity contribution in [3.05, 3.63) is 71.0 Å². The average molecular weight is 399 g/mol. The van der Waals surface area contributed by atoms with E-state index in [9.17, 15) is 13.2 Å². The number of furan rings is 1. The Kier molecular flexibility index (Phi) is 4.16. The molecule has 5 heteroatoms. The average Bonchev–Trinajstić information content (AvgIpc) is 3.13. The molecule has 1 N–H and O–H groups in total. The van der Waals surface area contributed by atoms with Crippen LogP contribution in [-0.4, -0.2) is 0 Å². The van der Waals surface area contributed by atoms with Crippen LogP contribution >= 0.6 is 0 Å². The number of alkyl halides is 3. The summed E-state index contributed by atoms with van der Waals surface area (Å²) in [4.78, 5) is 0. The summed E-state index contributed by atoms with van der Waals surface area (Å²) in [5, 5.41) is 3.38. The molecule has 3 aromatic rings. The van der Waals surface area contributed by atoms with Gasteiger partial charge in [-0.3, -0.25) is 0 Å². The third-order valence-corrected chi connectivity index (χ3v) is 5.71. The lowest BCUT2D eigenvalue weighted by Gasteiger charge is -2.23. The van der Waals surface area contributed by atoms with E-state index in [0.29, 0.717) is 11.3 Å². The van der Waals surface area contributed by atoms with Crippen LogP contribution in [0.25, 0.3) is 11.3 Å². The number of anilines is 2. The fourth-order valence-electron chi connectivity index (χ4n) is 4.07. The van der Waals surface area contributed by atoms with E-state index in [-0.39, 0.29) is 5.41 Å². The zero-order valence-corrected chi connectivity index (χ0v) is 17.2. The van der Waals surface area contributed by atoms with Crippen molar-refractivity contribution < 1.29 is 17.6 Å². The van der Waals surface area contributed by atoms with Crippen LogP contribution in [0.5, 0.6) is 0 Å². The second-order valence-electron chi connectivity index (χ2n) is 9.19. The number of rotatable bonds is 2. The molecule has 0 unspecified atom stereocenters. The summed E-state index contributed by atoms with van der Waals surface area (Å²) in [7, 11) is 0. The number of fused-ring (bicyclic) bond motifs is 3. The van der Waals surface area contributed by atoms with Gasteiger partial charge in [-0.15, -0.1) is 0 Å². The third kappa shape index (κ3) is 3.22. The largest absolute Gasteiger partial charge is 0.462 e. The molecule has 152 valence electrons. The Morgan fingerprint density at radius 1 is 0.897 bits per heavy atom. The van der Waals surface area contributed by atoms with Gasteiger partial charge in [0.25, 0.3) is 0 Å². The predicted octanol–water partition coefficient (Wildman–Crippen LogP) is 7.65. The van der Waals surface area contributed by atoms with Gasteiger partial charge in [0.1, 0.15) is 12.0 Å². The van der Waals surface area contributed by atoms with Crippen molar-refractivity contribution in [3.63, 3.8) is 0 Å². The number of hydrogen-bond acceptors (Lipinski definition) is 2. The first-order valence-corrected chi connectivity index (χ1v) is 9.60. The van der Waals surface area contributed by atoms with Gasteiger partial charge in [0.2, 0.25) is 0 Å². The maximum atomic E-state index is 13.2. The summed E-state index contributed by atoms with van der Waals surface area (Å²) >= 11 is 0. The van der Waals surface area contributed by atoms with Crippen molar-refractivity contribution in [3.8, 4) is 11.3 Å². The Balaban J connectivity index is 1.72. The van der Waals surface area contributed by atoms with Crippen LogP contribution in [-0.2, 0) is 17.0 Å². The molecular weight excluding hydrogens is 375 g/mol. The molecule has 4 rings (SSSR count). The van der Waals surface area contributed by atoms with Crippen LogP contribution in [0, 0.1) is 0 Å². The molecule has 0 saturated heterocycles. The smallest absolute Gasteiger partial charge is 0.416 e. The Morgan fingerprint density at radius 2 is 1.52 bits per heavy atom. The minimum absolute atomic E-state index is 0.0647. The topological polar surface area (TPSA) is 25.2 Å². The second-order valence-corrected chi connectivity index (χ2v) is 9.19. The lowest BCUT2D eigenvalue weighted by Crippen LogP contribution is -2.16. The van der Waals surface area contributed by atoms with Crippen molar-refractivity contribution in [2.45, 2.75) is 51.6 Å². The maximum absolute atomic E-state index is 13.2. The Hall–Kier alpha value is -2.69. The van der Waals surface area contributed by atoms with Crippen LogP contribution < -0.4 is 5.32 Å². The van der Waals surface area contributed by atoms with E-state index >= 15 is 0 Å². The van der Waals surface area contributed by atoms with E-state index in [0.717, 1.165) is 28.6 Å². The molecular formula is C24H24F3NO. The zero-order valence-electron chi connectivity index (χ0n) is 17.2. The van der Waals surface area contributed by atoms with E-state index in [1.165, 1.54) is 11.6 Å². The molecule has 1 aromatic heterocycles. The number of hydrogen-bond donors (Lipinski definition) is 1. The van der Waals surface area contributed by atoms with Crippen LogP contribution in [0.4, 0.5) is 24.5 Å². The molecule has 0 saturated carbocycles. The quantitative estimate of drug-likeness (QED) is 0.479. The fourth-order valence-corrected chi connectivity index (χ4v) is 4.07. The first kappa shape index (κ1) is 19.6. The van der Waals surface area contributed by atoms with E-state index in [1.807, 2.05) is 26.0 Å². The number of nitrogens with one attached hydrogen (secondary N) is 1. The zero-order chi connectivity index (χ0) is 21.2. The second kappa shape index (κ2) is 6.15. The van der Waals surface area contributed by atoms with Crippen molar-refractivity contribution >= 4 is 11.4 Å². The molecule has 2 aromatic carbocycles. The van der Waals surface area contributed by atoms with Crippen LogP contribution in [0.3, 0.4) is 0 Å². The molecule has 0 bridgehead atoms. The van der Waals surface area contributed by atoms with Gasteiger partial charge >= 0.3 is 6.18 Å². The van der Waals surface area contributed by atoms with E-state index in [4.69, 9.17) is 4.42 Å². The lowest BCUT2D eigenvalue weighted by atomic mass is 9.82. The summed E-state index contributed by atoms with van der Waals surface area (Å²) in [6.45, 7) is 10.5. The summed E-state index contributed by atoms with van der Waals surface area (Å²) in [5.74, 6) is 0.505. The molecule has 0 atom stereocenters. The highest BCUT2D eigenvalue weighted by Gasteiger charge is 2.42. The SMILES string of the molecule is CC(C)(C)c1ccc(Nc2coc3c2C(C)(C)c2ccc(C(F)(F)F)cc2-3)cc1. The van der Waals surface area contributed by atoms with Crippen molar-refractivity contribution in [2.24, 2.45) is 0 Å². The van der Waals surface area contributed by atoms with Gasteiger partial charge in [0, 0.05) is 22.2 Å². The van der Waals surface area contributed by atoms with E-state index in [2.05, 4.69) is 38.2 Å². The highest BCUT2D eigenvalue weighted by atomic mass is 19.4. The molecule has 0 spiro atoms. The van der Waals surface area contributed by atoms with E-state index < -0.39 is 17.2 Å². The van der Waals surface area contributed by atoms with Gasteiger partial charge in [-0.05, 0) is 40.8 Å². The maximum Gasteiger partial charge on any atom is 0.416 e. The molecule has 29 heavy (non-hydrogen) atoms. The molecule has 0 aliphatic heterocycles. The van der Waals surface area contributed by atoms with E-state index in [1.54, 1.807) is 12.3 Å². The van der Waals surface area contributed by atoms with Crippen LogP contribution in [0.1, 0.15) is 56.9 Å². The Morgan fingerprint density at radius 3 is 2.10 bits per heavy atom. The minimum atomic E-state index is -4.38. The van der Waals surface area contributed by atoms with Gasteiger partial charge in [0.15, 0.2) is 0 Å². The van der Waals surface area contributed by atoms with Gasteiger partial charge in [-0.1, -0.05) is 52.8 Å². The van der Waals surface area contributed by atoms with Gasteiger partial charge in [-0.2, -0.15) is 13.2 Å². The highest BCUT2D eigenvalue weighted by Crippen LogP contribution is 2.54. The lowest BCUT2D eigenvalue weighted by molar-refractivity contribution is -0.137. The van der Waals surface area contributed by atoms with Gasteiger partial charge in [0.05, 0.1) is 11.3 Å². The summed E-state index contributed by atoms with van der Waals surface area (Å²) in [5.41, 5.74) is 4.08.